The first-order chi connectivity index (χ1) is 8.19. The van der Waals surface area contributed by atoms with E-state index in [0.29, 0.717) is 30.2 Å². The van der Waals surface area contributed by atoms with Crippen molar-refractivity contribution in [2.24, 2.45) is 5.16 Å². The average molecular weight is 241 g/mol. The smallest absolute Gasteiger partial charge is 0.128 e. The van der Waals surface area contributed by atoms with Crippen LogP contribution in [0.3, 0.4) is 0 Å². The number of methoxy groups -OCH3 is 1. The molecule has 5 heteroatoms. The molecular weight excluding hydrogens is 225 g/mol. The van der Waals surface area contributed by atoms with E-state index in [1.165, 1.54) is 18.2 Å². The summed E-state index contributed by atoms with van der Waals surface area (Å²) in [6.07, 6.45) is 0.739. The van der Waals surface area contributed by atoms with E-state index >= 15 is 0 Å². The number of rotatable bonds is 6. The zero-order valence-electron chi connectivity index (χ0n) is 9.94. The van der Waals surface area contributed by atoms with Crippen LogP contribution in [0.5, 0.6) is 5.75 Å². The number of ether oxygens (including phenoxy) is 2. The predicted octanol–water partition coefficient (Wildman–Crippen LogP) is 2.44. The molecule has 94 valence electrons. The maximum Gasteiger partial charge on any atom is 0.128 e. The van der Waals surface area contributed by atoms with Gasteiger partial charge in [0.15, 0.2) is 0 Å². The zero-order valence-corrected chi connectivity index (χ0v) is 9.94. The van der Waals surface area contributed by atoms with Crippen molar-refractivity contribution in [3.05, 3.63) is 29.6 Å². The summed E-state index contributed by atoms with van der Waals surface area (Å²) in [5.74, 6) is 0.102. The molecule has 1 N–H and O–H groups in total. The first-order valence-electron chi connectivity index (χ1n) is 5.29. The van der Waals surface area contributed by atoms with Gasteiger partial charge in [-0.1, -0.05) is 5.16 Å². The van der Waals surface area contributed by atoms with Crippen molar-refractivity contribution in [2.75, 3.05) is 20.3 Å². The fourth-order valence-electron chi connectivity index (χ4n) is 1.35. The van der Waals surface area contributed by atoms with E-state index in [-0.39, 0.29) is 0 Å². The molecule has 0 unspecified atom stereocenters. The van der Waals surface area contributed by atoms with Gasteiger partial charge in [0.25, 0.3) is 0 Å². The Morgan fingerprint density at radius 1 is 1.41 bits per heavy atom. The predicted molar refractivity (Wildman–Crippen MR) is 62.4 cm³/mol. The second-order valence-electron chi connectivity index (χ2n) is 3.52. The van der Waals surface area contributed by atoms with Crippen molar-refractivity contribution in [1.29, 1.82) is 0 Å². The zero-order chi connectivity index (χ0) is 12.7. The van der Waals surface area contributed by atoms with Gasteiger partial charge in [0, 0.05) is 25.7 Å². The highest BCUT2D eigenvalue weighted by Gasteiger charge is 2.08. The summed E-state index contributed by atoms with van der Waals surface area (Å²) in [6, 6.07) is 4.10. The molecule has 1 aromatic rings. The highest BCUT2D eigenvalue weighted by molar-refractivity contribution is 6.00. The Labute approximate surface area is 99.7 Å². The SMILES string of the molecule is COCCCOc1ccc(F)cc1C(C)=NO. The van der Waals surface area contributed by atoms with Gasteiger partial charge in [-0.15, -0.1) is 0 Å². The Bertz CT molecular complexity index is 393. The molecule has 4 nitrogen and oxygen atoms in total. The van der Waals surface area contributed by atoms with Crippen LogP contribution in [0.4, 0.5) is 4.39 Å². The maximum atomic E-state index is 13.1. The van der Waals surface area contributed by atoms with Crippen LogP contribution in [0.25, 0.3) is 0 Å². The lowest BCUT2D eigenvalue weighted by Gasteiger charge is -2.10. The second-order valence-corrected chi connectivity index (χ2v) is 3.52. The van der Waals surface area contributed by atoms with Gasteiger partial charge in [0.05, 0.1) is 12.3 Å². The number of halogens is 1. The summed E-state index contributed by atoms with van der Waals surface area (Å²) in [6.45, 7) is 2.64. The molecule has 0 saturated carbocycles. The van der Waals surface area contributed by atoms with Crippen LogP contribution in [0.2, 0.25) is 0 Å². The summed E-state index contributed by atoms with van der Waals surface area (Å²) in [4.78, 5) is 0. The molecule has 0 spiro atoms. The highest BCUT2D eigenvalue weighted by atomic mass is 19.1. The lowest BCUT2D eigenvalue weighted by Crippen LogP contribution is -2.06. The molecule has 0 amide bonds. The third kappa shape index (κ3) is 4.03. The molecule has 1 aromatic carbocycles. The number of hydrogen-bond donors (Lipinski definition) is 1. The molecule has 0 bridgehead atoms. The van der Waals surface area contributed by atoms with Crippen LogP contribution >= 0.6 is 0 Å². The van der Waals surface area contributed by atoms with E-state index in [1.54, 1.807) is 14.0 Å². The maximum absolute atomic E-state index is 13.1. The summed E-state index contributed by atoms with van der Waals surface area (Å²) in [5.41, 5.74) is 0.760. The number of hydrogen-bond acceptors (Lipinski definition) is 4. The topological polar surface area (TPSA) is 51.0 Å². The molecule has 0 radical (unpaired) electrons. The molecule has 0 atom stereocenters. The molecular formula is C12H16FNO3. The molecule has 0 aliphatic heterocycles. The van der Waals surface area contributed by atoms with E-state index in [4.69, 9.17) is 14.7 Å². The van der Waals surface area contributed by atoms with Gasteiger partial charge >= 0.3 is 0 Å². The van der Waals surface area contributed by atoms with E-state index in [1.807, 2.05) is 0 Å². The van der Waals surface area contributed by atoms with Crippen LogP contribution in [0.1, 0.15) is 18.9 Å². The van der Waals surface area contributed by atoms with Gasteiger partial charge in [-0.25, -0.2) is 4.39 Å². The summed E-state index contributed by atoms with van der Waals surface area (Å²) in [5, 5.41) is 11.8. The summed E-state index contributed by atoms with van der Waals surface area (Å²) >= 11 is 0. The van der Waals surface area contributed by atoms with Crippen molar-refractivity contribution in [1.82, 2.24) is 0 Å². The number of nitrogens with zero attached hydrogens (tertiary/aromatic N) is 1. The van der Waals surface area contributed by atoms with Crippen LogP contribution < -0.4 is 4.74 Å². The van der Waals surface area contributed by atoms with Gasteiger partial charge in [-0.05, 0) is 25.1 Å². The second kappa shape index (κ2) is 6.85. The van der Waals surface area contributed by atoms with Crippen molar-refractivity contribution in [3.63, 3.8) is 0 Å². The molecule has 0 saturated heterocycles. The Hall–Kier alpha value is -1.62. The fraction of sp³-hybridized carbons (Fsp3) is 0.417. The van der Waals surface area contributed by atoms with Crippen molar-refractivity contribution < 1.29 is 19.1 Å². The van der Waals surface area contributed by atoms with Gasteiger partial charge in [-0.3, -0.25) is 0 Å². The third-order valence-corrected chi connectivity index (χ3v) is 2.23. The van der Waals surface area contributed by atoms with Crippen LogP contribution in [-0.2, 0) is 4.74 Å². The van der Waals surface area contributed by atoms with Gasteiger partial charge < -0.3 is 14.7 Å². The lowest BCUT2D eigenvalue weighted by atomic mass is 10.1. The van der Waals surface area contributed by atoms with E-state index in [9.17, 15) is 4.39 Å². The number of benzene rings is 1. The molecule has 0 aliphatic rings. The standard InChI is InChI=1S/C12H16FNO3/c1-9(14-15)11-8-10(13)4-5-12(11)17-7-3-6-16-2/h4-5,8,15H,3,6-7H2,1-2H3. The van der Waals surface area contributed by atoms with Crippen LogP contribution in [0.15, 0.2) is 23.4 Å². The minimum absolute atomic E-state index is 0.311. The van der Waals surface area contributed by atoms with E-state index in [0.717, 1.165) is 6.42 Å². The Kier molecular flexibility index (Phi) is 5.42. The van der Waals surface area contributed by atoms with E-state index < -0.39 is 5.82 Å². The van der Waals surface area contributed by atoms with Crippen molar-refractivity contribution in [2.45, 2.75) is 13.3 Å². The molecule has 0 heterocycles. The lowest BCUT2D eigenvalue weighted by molar-refractivity contribution is 0.172. The highest BCUT2D eigenvalue weighted by Crippen LogP contribution is 2.20. The molecule has 0 fully saturated rings. The fourth-order valence-corrected chi connectivity index (χ4v) is 1.35. The minimum Gasteiger partial charge on any atom is -0.493 e. The Balaban J connectivity index is 2.76. The van der Waals surface area contributed by atoms with Gasteiger partial charge in [0.1, 0.15) is 11.6 Å². The van der Waals surface area contributed by atoms with Crippen LogP contribution in [-0.4, -0.2) is 31.2 Å². The largest absolute Gasteiger partial charge is 0.493 e. The molecule has 17 heavy (non-hydrogen) atoms. The van der Waals surface area contributed by atoms with Crippen molar-refractivity contribution in [3.8, 4) is 5.75 Å². The normalized spacial score (nSPS) is 11.6. The average Bonchev–Trinajstić information content (AvgIpc) is 2.35. The summed E-state index contributed by atoms with van der Waals surface area (Å²) < 4.78 is 23.4. The Morgan fingerprint density at radius 3 is 2.82 bits per heavy atom. The van der Waals surface area contributed by atoms with E-state index in [2.05, 4.69) is 5.16 Å². The van der Waals surface area contributed by atoms with Gasteiger partial charge in [0.2, 0.25) is 0 Å². The van der Waals surface area contributed by atoms with Crippen LogP contribution in [0, 0.1) is 5.82 Å². The molecule has 0 aliphatic carbocycles. The first-order valence-corrected chi connectivity index (χ1v) is 5.29. The number of oxime groups is 1. The third-order valence-electron chi connectivity index (χ3n) is 2.23. The van der Waals surface area contributed by atoms with Gasteiger partial charge in [-0.2, -0.15) is 0 Å². The first kappa shape index (κ1) is 13.4. The molecule has 0 aromatic heterocycles. The molecule has 1 rings (SSSR count). The van der Waals surface area contributed by atoms with Crippen molar-refractivity contribution >= 4 is 5.71 Å². The quantitative estimate of drug-likeness (QED) is 0.360. The minimum atomic E-state index is -0.396. The Morgan fingerprint density at radius 2 is 2.18 bits per heavy atom. The monoisotopic (exact) mass is 241 g/mol. The summed E-state index contributed by atoms with van der Waals surface area (Å²) in [7, 11) is 1.62.